The Bertz CT molecular complexity index is 867. The number of hydrogen-bond acceptors (Lipinski definition) is 2. The molecule has 0 spiro atoms. The number of anilines is 1. The van der Waals surface area contributed by atoms with Gasteiger partial charge in [-0.15, -0.1) is 0 Å². The summed E-state index contributed by atoms with van der Waals surface area (Å²) in [5, 5.41) is 3.05. The van der Waals surface area contributed by atoms with Crippen LogP contribution >= 0.6 is 0 Å². The molecule has 1 N–H and O–H groups in total. The van der Waals surface area contributed by atoms with Crippen LogP contribution in [0.2, 0.25) is 0 Å². The maximum absolute atomic E-state index is 13.3. The molecule has 170 valence electrons. The largest absolute Gasteiger partial charge is 0.353 e. The Morgan fingerprint density at radius 2 is 1.71 bits per heavy atom. The van der Waals surface area contributed by atoms with E-state index in [0.29, 0.717) is 19.0 Å². The number of amides is 3. The molecule has 3 amide bonds. The molecular weight excluding hydrogens is 388 g/mol. The first kappa shape index (κ1) is 24.5. The first-order chi connectivity index (χ1) is 14.6. The lowest BCUT2D eigenvalue weighted by atomic mass is 10.1. The van der Waals surface area contributed by atoms with Gasteiger partial charge in [0.2, 0.25) is 5.91 Å². The molecule has 2 aromatic rings. The highest BCUT2D eigenvalue weighted by Gasteiger charge is 2.26. The second kappa shape index (κ2) is 11.0. The van der Waals surface area contributed by atoms with E-state index in [4.69, 9.17) is 0 Å². The lowest BCUT2D eigenvalue weighted by Gasteiger charge is -2.32. The molecule has 1 heterocycles. The van der Waals surface area contributed by atoms with Crippen molar-refractivity contribution in [3.05, 3.63) is 53.3 Å². The fourth-order valence-electron chi connectivity index (χ4n) is 3.64. The first-order valence-electron chi connectivity index (χ1n) is 11.2. The Morgan fingerprint density at radius 1 is 1.06 bits per heavy atom. The lowest BCUT2D eigenvalue weighted by molar-refractivity contribution is -0.133. The number of carbonyl (C=O) groups excluding carboxylic acids is 2. The predicted octanol–water partition coefficient (Wildman–Crippen LogP) is 4.96. The van der Waals surface area contributed by atoms with Crippen LogP contribution in [0.25, 0.3) is 0 Å². The molecule has 31 heavy (non-hydrogen) atoms. The third kappa shape index (κ3) is 6.61. The monoisotopic (exact) mass is 426 g/mol. The molecule has 0 saturated carbocycles. The molecule has 0 aliphatic carbocycles. The summed E-state index contributed by atoms with van der Waals surface area (Å²) in [6.07, 6.45) is 2.76. The van der Waals surface area contributed by atoms with Crippen LogP contribution in [0.15, 0.2) is 36.5 Å². The van der Waals surface area contributed by atoms with E-state index < -0.39 is 0 Å². The second-order valence-electron chi connectivity index (χ2n) is 8.86. The van der Waals surface area contributed by atoms with Gasteiger partial charge in [0.15, 0.2) is 0 Å². The minimum Gasteiger partial charge on any atom is -0.353 e. The van der Waals surface area contributed by atoms with E-state index in [-0.39, 0.29) is 24.5 Å². The summed E-state index contributed by atoms with van der Waals surface area (Å²) in [5.41, 5.74) is 3.91. The molecule has 1 aromatic carbocycles. The van der Waals surface area contributed by atoms with Crippen LogP contribution in [0, 0.1) is 19.8 Å². The van der Waals surface area contributed by atoms with Crippen molar-refractivity contribution in [3.63, 3.8) is 0 Å². The van der Waals surface area contributed by atoms with Gasteiger partial charge in [-0.2, -0.15) is 0 Å². The molecule has 1 aromatic heterocycles. The maximum atomic E-state index is 13.3. The molecule has 1 atom stereocenters. The van der Waals surface area contributed by atoms with Gasteiger partial charge in [-0.25, -0.2) is 4.79 Å². The van der Waals surface area contributed by atoms with E-state index in [1.54, 1.807) is 4.90 Å². The number of rotatable bonds is 9. The number of nitrogens with one attached hydrogen (secondary N) is 1. The van der Waals surface area contributed by atoms with Gasteiger partial charge in [0, 0.05) is 37.2 Å². The van der Waals surface area contributed by atoms with Gasteiger partial charge < -0.3 is 19.7 Å². The van der Waals surface area contributed by atoms with E-state index >= 15 is 0 Å². The molecule has 0 bridgehead atoms. The number of carbonyl (C=O) groups is 2. The number of urea groups is 1. The topological polar surface area (TPSA) is 57.6 Å². The Morgan fingerprint density at radius 3 is 2.23 bits per heavy atom. The molecule has 0 aliphatic rings. The molecule has 2 rings (SSSR count). The molecule has 0 fully saturated rings. The SMILES string of the molecule is CCC(C)N(CC(=O)N(Cc1cccn1C)CC(C)C)C(=O)Nc1c(C)cccc1C. The number of nitrogens with zero attached hydrogens (tertiary/aromatic N) is 3. The van der Waals surface area contributed by atoms with Crippen molar-refractivity contribution in [2.24, 2.45) is 13.0 Å². The molecule has 1 unspecified atom stereocenters. The minimum atomic E-state index is -0.233. The van der Waals surface area contributed by atoms with Crippen LogP contribution < -0.4 is 5.32 Å². The highest BCUT2D eigenvalue weighted by Crippen LogP contribution is 2.21. The van der Waals surface area contributed by atoms with Gasteiger partial charge in [0.1, 0.15) is 6.54 Å². The minimum absolute atomic E-state index is 0.0353. The standard InChI is InChI=1S/C25H38N4O2/c1-8-21(6)29(25(31)26-24-19(4)11-9-12-20(24)5)17-23(30)28(15-18(2)3)16-22-13-10-14-27(22)7/h9-14,18,21H,8,15-17H2,1-7H3,(H,26,31). The lowest BCUT2D eigenvalue weighted by Crippen LogP contribution is -2.48. The van der Waals surface area contributed by atoms with E-state index in [2.05, 4.69) is 19.2 Å². The predicted molar refractivity (Wildman–Crippen MR) is 127 cm³/mol. The van der Waals surface area contributed by atoms with Crippen LogP contribution in [0.1, 0.15) is 50.9 Å². The molecule has 0 radical (unpaired) electrons. The zero-order valence-electron chi connectivity index (χ0n) is 20.1. The fourth-order valence-corrected chi connectivity index (χ4v) is 3.64. The van der Waals surface area contributed by atoms with E-state index in [0.717, 1.165) is 28.9 Å². The summed E-state index contributed by atoms with van der Waals surface area (Å²) < 4.78 is 2.03. The van der Waals surface area contributed by atoms with Crippen LogP contribution in [-0.2, 0) is 18.4 Å². The van der Waals surface area contributed by atoms with Gasteiger partial charge in [-0.05, 0) is 56.4 Å². The molecular formula is C25H38N4O2. The molecule has 6 heteroatoms. The third-order valence-electron chi connectivity index (χ3n) is 5.74. The van der Waals surface area contributed by atoms with Crippen LogP contribution in [-0.4, -0.2) is 45.4 Å². The Balaban J connectivity index is 2.21. The zero-order valence-corrected chi connectivity index (χ0v) is 20.1. The fraction of sp³-hybridized carbons (Fsp3) is 0.520. The molecule has 0 saturated heterocycles. The van der Waals surface area contributed by atoms with E-state index in [9.17, 15) is 9.59 Å². The summed E-state index contributed by atoms with van der Waals surface area (Å²) >= 11 is 0. The van der Waals surface area contributed by atoms with Crippen molar-refractivity contribution < 1.29 is 9.59 Å². The number of aryl methyl sites for hydroxylation is 3. The third-order valence-corrected chi connectivity index (χ3v) is 5.74. The normalized spacial score (nSPS) is 12.0. The van der Waals surface area contributed by atoms with Crippen LogP contribution in [0.5, 0.6) is 0 Å². The maximum Gasteiger partial charge on any atom is 0.322 e. The van der Waals surface area contributed by atoms with Crippen molar-refractivity contribution in [2.45, 2.75) is 60.5 Å². The van der Waals surface area contributed by atoms with Gasteiger partial charge in [0.25, 0.3) is 0 Å². The number of para-hydroxylation sites is 1. The quantitative estimate of drug-likeness (QED) is 0.616. The van der Waals surface area contributed by atoms with Crippen molar-refractivity contribution in [1.29, 1.82) is 0 Å². The summed E-state index contributed by atoms with van der Waals surface area (Å²) in [6, 6.07) is 9.66. The Labute approximate surface area is 187 Å². The van der Waals surface area contributed by atoms with Crippen molar-refractivity contribution in [2.75, 3.05) is 18.4 Å². The average Bonchev–Trinajstić information content (AvgIpc) is 3.11. The van der Waals surface area contributed by atoms with E-state index in [1.165, 1.54) is 0 Å². The average molecular weight is 427 g/mol. The molecule has 0 aliphatic heterocycles. The summed E-state index contributed by atoms with van der Waals surface area (Å²) in [7, 11) is 1.98. The van der Waals surface area contributed by atoms with Gasteiger partial charge in [-0.1, -0.05) is 39.0 Å². The highest BCUT2D eigenvalue weighted by molar-refractivity contribution is 5.93. The van der Waals surface area contributed by atoms with Crippen LogP contribution in [0.3, 0.4) is 0 Å². The number of aromatic nitrogens is 1. The Hall–Kier alpha value is -2.76. The molecule has 6 nitrogen and oxygen atoms in total. The summed E-state index contributed by atoms with van der Waals surface area (Å²) in [6.45, 7) is 13.4. The van der Waals surface area contributed by atoms with Crippen LogP contribution in [0.4, 0.5) is 10.5 Å². The summed E-state index contributed by atoms with van der Waals surface area (Å²) in [4.78, 5) is 30.1. The van der Waals surface area contributed by atoms with Gasteiger partial charge >= 0.3 is 6.03 Å². The first-order valence-corrected chi connectivity index (χ1v) is 11.2. The van der Waals surface area contributed by atoms with Crippen molar-refractivity contribution in [3.8, 4) is 0 Å². The Kier molecular flexibility index (Phi) is 8.72. The van der Waals surface area contributed by atoms with Crippen molar-refractivity contribution >= 4 is 17.6 Å². The smallest absolute Gasteiger partial charge is 0.322 e. The summed E-state index contributed by atoms with van der Waals surface area (Å²) in [5.74, 6) is 0.302. The van der Waals surface area contributed by atoms with E-state index in [1.807, 2.05) is 80.7 Å². The highest BCUT2D eigenvalue weighted by atomic mass is 16.2. The number of hydrogen-bond donors (Lipinski definition) is 1. The van der Waals surface area contributed by atoms with Gasteiger partial charge in [0.05, 0.1) is 6.54 Å². The second-order valence-corrected chi connectivity index (χ2v) is 8.86. The zero-order chi connectivity index (χ0) is 23.1. The number of benzene rings is 1. The van der Waals surface area contributed by atoms with Crippen molar-refractivity contribution in [1.82, 2.24) is 14.4 Å². The van der Waals surface area contributed by atoms with Gasteiger partial charge in [-0.3, -0.25) is 4.79 Å².